The van der Waals surface area contributed by atoms with Gasteiger partial charge in [0.25, 0.3) is 0 Å². The maximum Gasteiger partial charge on any atom is 0.323 e. The maximum absolute atomic E-state index is 11.8. The Hall–Kier alpha value is -0.570. The lowest BCUT2D eigenvalue weighted by Crippen LogP contribution is -2.50. The van der Waals surface area contributed by atoms with Gasteiger partial charge in [-0.3, -0.25) is 10.1 Å². The molecule has 0 heterocycles. The van der Waals surface area contributed by atoms with Crippen LogP contribution in [0.3, 0.4) is 0 Å². The van der Waals surface area contributed by atoms with E-state index in [-0.39, 0.29) is 17.6 Å². The third-order valence-electron chi connectivity index (χ3n) is 2.89. The molecule has 1 atom stereocenters. The van der Waals surface area contributed by atoms with E-state index < -0.39 is 5.60 Å². The molecule has 0 spiro atoms. The van der Waals surface area contributed by atoms with Crippen LogP contribution >= 0.6 is 0 Å². The molecule has 0 rings (SSSR count). The summed E-state index contributed by atoms with van der Waals surface area (Å²) in [6.45, 7) is 13.9. The summed E-state index contributed by atoms with van der Waals surface area (Å²) in [7, 11) is 0. The monoisotopic (exact) mass is 229 g/mol. The highest BCUT2D eigenvalue weighted by atomic mass is 16.6. The van der Waals surface area contributed by atoms with Crippen LogP contribution in [0.1, 0.15) is 61.3 Å². The molecule has 0 fully saturated rings. The third kappa shape index (κ3) is 5.50. The Labute approximate surface area is 99.9 Å². The summed E-state index contributed by atoms with van der Waals surface area (Å²) in [6, 6.07) is -0.260. The molecular weight excluding hydrogens is 202 g/mol. The fourth-order valence-corrected chi connectivity index (χ4v) is 1.43. The highest BCUT2D eigenvalue weighted by Crippen LogP contribution is 2.16. The minimum Gasteiger partial charge on any atom is -0.459 e. The zero-order chi connectivity index (χ0) is 13.0. The van der Waals surface area contributed by atoms with Crippen molar-refractivity contribution >= 4 is 5.97 Å². The first-order valence-electron chi connectivity index (χ1n) is 6.14. The van der Waals surface area contributed by atoms with Crippen molar-refractivity contribution in [1.29, 1.82) is 0 Å². The second kappa shape index (κ2) is 5.67. The molecule has 16 heavy (non-hydrogen) atoms. The van der Waals surface area contributed by atoms with E-state index >= 15 is 0 Å². The van der Waals surface area contributed by atoms with Gasteiger partial charge in [-0.25, -0.2) is 0 Å². The minimum atomic E-state index is -0.415. The van der Waals surface area contributed by atoms with Crippen LogP contribution in [0.2, 0.25) is 0 Å². The van der Waals surface area contributed by atoms with E-state index in [0.29, 0.717) is 0 Å². The lowest BCUT2D eigenvalue weighted by molar-refractivity contribution is -0.157. The fourth-order valence-electron chi connectivity index (χ4n) is 1.43. The average molecular weight is 229 g/mol. The van der Waals surface area contributed by atoms with Crippen LogP contribution in [0, 0.1) is 0 Å². The number of ether oxygens (including phenoxy) is 1. The van der Waals surface area contributed by atoms with Crippen LogP contribution in [0.4, 0.5) is 0 Å². The summed E-state index contributed by atoms with van der Waals surface area (Å²) in [5.41, 5.74) is -0.405. The lowest BCUT2D eigenvalue weighted by atomic mass is 9.94. The molecule has 0 saturated heterocycles. The second-order valence-corrected chi connectivity index (χ2v) is 5.67. The molecule has 1 unspecified atom stereocenters. The van der Waals surface area contributed by atoms with Crippen molar-refractivity contribution in [2.75, 3.05) is 0 Å². The molecule has 0 bridgehead atoms. The third-order valence-corrected chi connectivity index (χ3v) is 2.89. The van der Waals surface area contributed by atoms with E-state index in [1.165, 1.54) is 0 Å². The Morgan fingerprint density at radius 2 is 1.62 bits per heavy atom. The largest absolute Gasteiger partial charge is 0.459 e. The summed E-state index contributed by atoms with van der Waals surface area (Å²) in [6.07, 6.45) is 1.99. The van der Waals surface area contributed by atoms with Crippen molar-refractivity contribution < 1.29 is 9.53 Å². The number of hydrogen-bond acceptors (Lipinski definition) is 3. The van der Waals surface area contributed by atoms with E-state index in [1.54, 1.807) is 0 Å². The topological polar surface area (TPSA) is 38.3 Å². The standard InChI is InChI=1S/C13H27NO2/c1-8-13(7,9-2)14-10(3)11(15)16-12(4,5)6/h10,14H,8-9H2,1-7H3. The molecule has 3 nitrogen and oxygen atoms in total. The molecule has 0 radical (unpaired) electrons. The van der Waals surface area contributed by atoms with Crippen LogP contribution in [-0.2, 0) is 9.53 Å². The van der Waals surface area contributed by atoms with E-state index in [0.717, 1.165) is 12.8 Å². The Morgan fingerprint density at radius 1 is 1.19 bits per heavy atom. The number of nitrogens with one attached hydrogen (secondary N) is 1. The molecule has 96 valence electrons. The van der Waals surface area contributed by atoms with Gasteiger partial charge in [0.1, 0.15) is 11.6 Å². The average Bonchev–Trinajstić information content (AvgIpc) is 2.15. The molecule has 0 aromatic rings. The quantitative estimate of drug-likeness (QED) is 0.737. The van der Waals surface area contributed by atoms with E-state index in [1.807, 2.05) is 27.7 Å². The molecule has 0 aromatic carbocycles. The number of rotatable bonds is 5. The number of carbonyl (C=O) groups excluding carboxylic acids is 1. The van der Waals surface area contributed by atoms with Gasteiger partial charge in [0.05, 0.1) is 0 Å². The Kier molecular flexibility index (Phi) is 5.47. The summed E-state index contributed by atoms with van der Waals surface area (Å²) in [4.78, 5) is 11.8. The predicted octanol–water partition coefficient (Wildman–Crippen LogP) is 2.88. The van der Waals surface area contributed by atoms with Gasteiger partial charge in [-0.1, -0.05) is 13.8 Å². The zero-order valence-corrected chi connectivity index (χ0v) is 11.8. The van der Waals surface area contributed by atoms with Gasteiger partial charge in [-0.15, -0.1) is 0 Å². The SMILES string of the molecule is CCC(C)(CC)NC(C)C(=O)OC(C)(C)C. The van der Waals surface area contributed by atoms with Crippen molar-refractivity contribution in [3.05, 3.63) is 0 Å². The molecule has 0 aliphatic heterocycles. The van der Waals surface area contributed by atoms with E-state index in [2.05, 4.69) is 26.1 Å². The summed E-state index contributed by atoms with van der Waals surface area (Å²) in [5, 5.41) is 3.34. The fraction of sp³-hybridized carbons (Fsp3) is 0.923. The van der Waals surface area contributed by atoms with Crippen molar-refractivity contribution in [3.8, 4) is 0 Å². The maximum atomic E-state index is 11.8. The van der Waals surface area contributed by atoms with Crippen molar-refractivity contribution in [2.45, 2.75) is 78.5 Å². The first-order chi connectivity index (χ1) is 7.13. The zero-order valence-electron chi connectivity index (χ0n) is 11.8. The minimum absolute atomic E-state index is 0.0102. The second-order valence-electron chi connectivity index (χ2n) is 5.67. The van der Waals surface area contributed by atoms with Gasteiger partial charge in [-0.05, 0) is 47.5 Å². The van der Waals surface area contributed by atoms with Gasteiger partial charge in [-0.2, -0.15) is 0 Å². The van der Waals surface area contributed by atoms with Crippen LogP contribution in [0.5, 0.6) is 0 Å². The molecule has 0 amide bonds. The normalized spacial score (nSPS) is 14.7. The first-order valence-corrected chi connectivity index (χ1v) is 6.14. The van der Waals surface area contributed by atoms with E-state index in [4.69, 9.17) is 4.74 Å². The summed E-state index contributed by atoms with van der Waals surface area (Å²) >= 11 is 0. The highest BCUT2D eigenvalue weighted by molar-refractivity contribution is 5.75. The Morgan fingerprint density at radius 3 is 1.94 bits per heavy atom. The van der Waals surface area contributed by atoms with Crippen molar-refractivity contribution in [3.63, 3.8) is 0 Å². The smallest absolute Gasteiger partial charge is 0.323 e. The molecule has 0 aliphatic carbocycles. The summed E-state index contributed by atoms with van der Waals surface area (Å²) in [5.74, 6) is -0.180. The van der Waals surface area contributed by atoms with Crippen LogP contribution in [0.25, 0.3) is 0 Å². The molecule has 0 aromatic heterocycles. The van der Waals surface area contributed by atoms with Crippen LogP contribution in [-0.4, -0.2) is 23.2 Å². The molecular formula is C13H27NO2. The Balaban J connectivity index is 4.36. The van der Waals surface area contributed by atoms with Gasteiger partial charge < -0.3 is 4.74 Å². The number of esters is 1. The van der Waals surface area contributed by atoms with Crippen LogP contribution < -0.4 is 5.32 Å². The van der Waals surface area contributed by atoms with Gasteiger partial charge >= 0.3 is 5.97 Å². The number of carbonyl (C=O) groups is 1. The molecule has 3 heteroatoms. The highest BCUT2D eigenvalue weighted by Gasteiger charge is 2.27. The van der Waals surface area contributed by atoms with Crippen LogP contribution in [0.15, 0.2) is 0 Å². The summed E-state index contributed by atoms with van der Waals surface area (Å²) < 4.78 is 5.33. The van der Waals surface area contributed by atoms with Crippen molar-refractivity contribution in [1.82, 2.24) is 5.32 Å². The predicted molar refractivity (Wildman–Crippen MR) is 67.4 cm³/mol. The van der Waals surface area contributed by atoms with Gasteiger partial charge in [0.2, 0.25) is 0 Å². The molecule has 1 N–H and O–H groups in total. The van der Waals surface area contributed by atoms with Gasteiger partial charge in [0.15, 0.2) is 0 Å². The Bertz CT molecular complexity index is 227. The van der Waals surface area contributed by atoms with E-state index in [9.17, 15) is 4.79 Å². The van der Waals surface area contributed by atoms with Gasteiger partial charge in [0, 0.05) is 5.54 Å². The molecule has 0 saturated carbocycles. The number of hydrogen-bond donors (Lipinski definition) is 1. The molecule has 0 aliphatic rings. The van der Waals surface area contributed by atoms with Crippen molar-refractivity contribution in [2.24, 2.45) is 0 Å². The first kappa shape index (κ1) is 15.4. The lowest BCUT2D eigenvalue weighted by Gasteiger charge is -2.32.